The highest BCUT2D eigenvalue weighted by Crippen LogP contribution is 2.35. The third kappa shape index (κ3) is 20.2. The molecule has 0 aliphatic carbocycles. The number of hydrogen-bond donors (Lipinski definition) is 7. The second-order valence-corrected chi connectivity index (χ2v) is 16.7. The molecule has 1 aliphatic heterocycles. The molecule has 7 rings (SSSR count). The number of aliphatic imine (C=N–C) groups is 1. The van der Waals surface area contributed by atoms with Crippen LogP contribution >= 0.6 is 82.0 Å². The van der Waals surface area contributed by atoms with E-state index in [1.807, 2.05) is 26.0 Å². The van der Waals surface area contributed by atoms with Gasteiger partial charge in [0, 0.05) is 35.6 Å². The van der Waals surface area contributed by atoms with E-state index in [1.54, 1.807) is 48.8 Å². The standard InChI is InChI=1S/C17H13ClF3N3O3S.C10H12ClNO2.C8H11NO.C6H4ClN3S.C2H2Cl2O/c1-26-12-3-2-10(6-13(12)27-17(19,20)21)23-15(25)8-28-16-5-9-4-14(18)22-7-11(9)24-16;1-7-4-9(12-10(14)5-11)3-2-8(7)6-13;1-6-4-8(9)3-2-7(6)5-10;7-5-1-3-4(2-8-5)10-6(11)9-3;3-1-2(4)5/h2-4,6-7H,5,8H2,1H3,(H,23,25);2-4,13H,5-6H2,1H3,(H,12,14);2-4,10H,5,9H2,1H3;1-2H,(H2,9,10,11);1H2. The van der Waals surface area contributed by atoms with Gasteiger partial charge in [0.25, 0.3) is 0 Å². The number of nitrogen functional groups attached to an aromatic ring is 1. The number of halogens is 8. The summed E-state index contributed by atoms with van der Waals surface area (Å²) in [7, 11) is 1.22. The number of hydrogen-bond acceptors (Lipinski definition) is 13. The van der Waals surface area contributed by atoms with Crippen molar-refractivity contribution in [3.8, 4) is 11.5 Å². The van der Waals surface area contributed by atoms with Gasteiger partial charge in [-0.05, 0) is 108 Å². The van der Waals surface area contributed by atoms with Gasteiger partial charge in [0.05, 0.1) is 66.1 Å². The Morgan fingerprint density at radius 2 is 1.40 bits per heavy atom. The number of nitrogens with one attached hydrogen (secondary N) is 4. The summed E-state index contributed by atoms with van der Waals surface area (Å²) in [5.74, 6) is -1.39. The predicted octanol–water partition coefficient (Wildman–Crippen LogP) is 10.6. The fraction of sp³-hybridized carbons (Fsp3) is 0.233. The number of carbonyl (C=O) groups is 3. The van der Waals surface area contributed by atoms with Gasteiger partial charge in [-0.25, -0.2) is 15.0 Å². The maximum atomic E-state index is 12.5. The van der Waals surface area contributed by atoms with Crippen LogP contribution in [0.15, 0.2) is 84.1 Å². The summed E-state index contributed by atoms with van der Waals surface area (Å²) < 4.78 is 46.8. The maximum absolute atomic E-state index is 12.5. The van der Waals surface area contributed by atoms with Gasteiger partial charge in [-0.3, -0.25) is 14.4 Å². The molecule has 0 spiro atoms. The van der Waals surface area contributed by atoms with Crippen molar-refractivity contribution >= 4 is 138 Å². The van der Waals surface area contributed by atoms with Crippen LogP contribution in [0.4, 0.5) is 35.9 Å². The molecule has 6 aromatic rings. The number of imidazole rings is 1. The van der Waals surface area contributed by atoms with Crippen LogP contribution in [0.5, 0.6) is 11.5 Å². The van der Waals surface area contributed by atoms with E-state index in [0.29, 0.717) is 32.9 Å². The molecule has 25 heteroatoms. The third-order valence-electron chi connectivity index (χ3n) is 8.49. The predicted molar refractivity (Wildman–Crippen MR) is 267 cm³/mol. The number of aromatic amines is 2. The monoisotopic (exact) mass is 1080 g/mol. The second-order valence-electron chi connectivity index (χ2n) is 13.5. The van der Waals surface area contributed by atoms with Crippen molar-refractivity contribution in [3.63, 3.8) is 0 Å². The lowest BCUT2D eigenvalue weighted by molar-refractivity contribution is -0.275. The number of rotatable bonds is 10. The number of pyridine rings is 2. The smallest absolute Gasteiger partial charge is 0.493 e. The number of anilines is 3. The molecule has 0 saturated carbocycles. The van der Waals surface area contributed by atoms with Gasteiger partial charge in [0.2, 0.25) is 17.1 Å². The number of aliphatic hydroxyl groups excluding tert-OH is 2. The largest absolute Gasteiger partial charge is 0.573 e. The zero-order valence-corrected chi connectivity index (χ0v) is 41.4. The van der Waals surface area contributed by atoms with E-state index in [1.165, 1.54) is 31.0 Å². The number of ether oxygens (including phenoxy) is 2. The number of benzene rings is 3. The van der Waals surface area contributed by atoms with Crippen molar-refractivity contribution in [3.05, 3.63) is 122 Å². The lowest BCUT2D eigenvalue weighted by atomic mass is 10.1. The minimum Gasteiger partial charge on any atom is -0.493 e. The Morgan fingerprint density at radius 1 is 0.824 bits per heavy atom. The summed E-state index contributed by atoms with van der Waals surface area (Å²) in [6.07, 6.45) is -1.13. The fourth-order valence-corrected chi connectivity index (χ4v) is 6.79. The number of fused-ring (bicyclic) bond motifs is 2. The lowest BCUT2D eigenvalue weighted by Crippen LogP contribution is -2.18. The summed E-state index contributed by atoms with van der Waals surface area (Å²) in [6, 6.07) is 18.0. The molecule has 15 nitrogen and oxygen atoms in total. The topological polar surface area (TPSA) is 230 Å². The van der Waals surface area contributed by atoms with Crippen LogP contribution in [0.25, 0.3) is 11.0 Å². The van der Waals surface area contributed by atoms with Crippen LogP contribution in [-0.2, 0) is 34.0 Å². The molecule has 3 aromatic heterocycles. The van der Waals surface area contributed by atoms with E-state index >= 15 is 0 Å². The molecule has 2 amide bonds. The number of nitrogens with two attached hydrogens (primary N) is 1. The van der Waals surface area contributed by atoms with Gasteiger partial charge in [0.1, 0.15) is 16.2 Å². The van der Waals surface area contributed by atoms with Crippen molar-refractivity contribution in [1.29, 1.82) is 0 Å². The molecule has 0 unspecified atom stereocenters. The lowest BCUT2D eigenvalue weighted by Gasteiger charge is -2.14. The van der Waals surface area contributed by atoms with Crippen molar-refractivity contribution < 1.29 is 47.2 Å². The Labute approximate surface area is 421 Å². The Hall–Kier alpha value is -5.16. The highest BCUT2D eigenvalue weighted by atomic mass is 35.5. The second kappa shape index (κ2) is 28.4. The van der Waals surface area contributed by atoms with Crippen LogP contribution < -0.4 is 25.8 Å². The molecule has 8 N–H and O–H groups in total. The summed E-state index contributed by atoms with van der Waals surface area (Å²) in [4.78, 5) is 50.6. The Morgan fingerprint density at radius 3 is 1.99 bits per heavy atom. The zero-order valence-electron chi connectivity index (χ0n) is 35.9. The van der Waals surface area contributed by atoms with Crippen LogP contribution in [0, 0.1) is 18.6 Å². The maximum Gasteiger partial charge on any atom is 0.573 e. The molecule has 3 aromatic carbocycles. The van der Waals surface area contributed by atoms with Crippen molar-refractivity contribution in [2.45, 2.75) is 39.8 Å². The molecule has 0 bridgehead atoms. The average molecular weight is 1080 g/mol. The molecule has 0 saturated heterocycles. The van der Waals surface area contributed by atoms with E-state index < -0.39 is 23.3 Å². The molecular formula is C43H42Cl5F3N8O7S2. The minimum atomic E-state index is -4.88. The minimum absolute atomic E-state index is 0.00949. The van der Waals surface area contributed by atoms with Gasteiger partial charge < -0.3 is 46.0 Å². The summed E-state index contributed by atoms with van der Waals surface area (Å²) in [6.45, 7) is 3.91. The third-order valence-corrected chi connectivity index (χ3v) is 10.8. The van der Waals surface area contributed by atoms with Gasteiger partial charge in [-0.1, -0.05) is 35.3 Å². The average Bonchev–Trinajstić information content (AvgIpc) is 3.87. The number of H-pyrrole nitrogens is 2. The van der Waals surface area contributed by atoms with Crippen LogP contribution in [0.3, 0.4) is 0 Å². The molecule has 364 valence electrons. The first-order chi connectivity index (χ1) is 32.2. The van der Waals surface area contributed by atoms with Crippen molar-refractivity contribution in [2.24, 2.45) is 4.99 Å². The molecule has 4 heterocycles. The van der Waals surface area contributed by atoms with Crippen LogP contribution in [-0.4, -0.2) is 83.2 Å². The number of alkyl halides is 5. The van der Waals surface area contributed by atoms with E-state index in [2.05, 4.69) is 40.3 Å². The Bertz CT molecular complexity index is 2770. The van der Waals surface area contributed by atoms with Gasteiger partial charge >= 0.3 is 6.36 Å². The highest BCUT2D eigenvalue weighted by molar-refractivity contribution is 8.14. The first-order valence-corrected chi connectivity index (χ1v) is 22.8. The van der Waals surface area contributed by atoms with Gasteiger partial charge in [-0.15, -0.1) is 48.1 Å². The number of methoxy groups -OCH3 is 1. The SMILES string of the molecule is COc1ccc(NC(=O)CSC2=Nc3cnc(Cl)cc3C2)cc1OC(F)(F)F.Cc1cc(N)ccc1CO.Cc1cc(NC(=O)CCl)ccc1CO.O=C(Cl)CCl.S=c1[nH]c2cnc(Cl)cc2[nH]1. The molecule has 1 aliphatic rings. The number of aryl methyl sites for hydroxylation is 2. The molecule has 0 atom stereocenters. The zero-order chi connectivity index (χ0) is 50.6. The molecule has 0 fully saturated rings. The Kier molecular flexibility index (Phi) is 23.8. The first kappa shape index (κ1) is 57.2. The molecular weight excluding hydrogens is 1040 g/mol. The summed E-state index contributed by atoms with van der Waals surface area (Å²) in [5.41, 5.74) is 14.3. The van der Waals surface area contributed by atoms with Gasteiger partial charge in [0.15, 0.2) is 16.3 Å². The number of thioether (sulfide) groups is 1. The van der Waals surface area contributed by atoms with Crippen LogP contribution in [0.2, 0.25) is 10.3 Å². The number of carbonyl (C=O) groups excluding carboxylic acids is 3. The summed E-state index contributed by atoms with van der Waals surface area (Å²) in [5, 5.41) is 23.9. The Balaban J connectivity index is 0.000000255. The number of aliphatic hydroxyl groups is 2. The first-order valence-electron chi connectivity index (χ1n) is 19.3. The number of aromatic nitrogens is 4. The van der Waals surface area contributed by atoms with Crippen molar-refractivity contribution in [2.75, 3.05) is 41.0 Å². The quantitative estimate of drug-likeness (QED) is 0.0223. The van der Waals surface area contributed by atoms with E-state index in [-0.39, 0.29) is 48.1 Å². The van der Waals surface area contributed by atoms with E-state index in [9.17, 15) is 27.6 Å². The molecule has 0 radical (unpaired) electrons. The number of amides is 2. The van der Waals surface area contributed by atoms with E-state index in [4.69, 9.17) is 90.9 Å². The fourth-order valence-electron chi connectivity index (χ4n) is 5.38. The molecule has 68 heavy (non-hydrogen) atoms. The number of nitrogens with zero attached hydrogens (tertiary/aromatic N) is 3. The van der Waals surface area contributed by atoms with Gasteiger partial charge in [-0.2, -0.15) is 0 Å². The van der Waals surface area contributed by atoms with Crippen molar-refractivity contribution in [1.82, 2.24) is 19.9 Å². The normalized spacial score (nSPS) is 11.1. The highest BCUT2D eigenvalue weighted by Gasteiger charge is 2.32. The van der Waals surface area contributed by atoms with E-state index in [0.717, 1.165) is 55.6 Å². The van der Waals surface area contributed by atoms with Crippen LogP contribution in [0.1, 0.15) is 27.8 Å². The summed E-state index contributed by atoms with van der Waals surface area (Å²) >= 11 is 32.5.